The Morgan fingerprint density at radius 1 is 1.22 bits per heavy atom. The van der Waals surface area contributed by atoms with Crippen LogP contribution in [0.15, 0.2) is 40.9 Å². The van der Waals surface area contributed by atoms with Crippen LogP contribution < -0.4 is 16.0 Å². The summed E-state index contributed by atoms with van der Waals surface area (Å²) in [5.74, 6) is 0.668. The maximum atomic E-state index is 13.3. The average Bonchev–Trinajstić information content (AvgIpc) is 3.27. The van der Waals surface area contributed by atoms with Gasteiger partial charge in [-0.3, -0.25) is 4.79 Å². The summed E-state index contributed by atoms with van der Waals surface area (Å²) in [7, 11) is 0. The van der Waals surface area contributed by atoms with E-state index in [1.807, 2.05) is 12.1 Å². The third kappa shape index (κ3) is 5.32. The van der Waals surface area contributed by atoms with Gasteiger partial charge in [0.1, 0.15) is 11.6 Å². The molecule has 1 aliphatic rings. The number of primary amides is 1. The summed E-state index contributed by atoms with van der Waals surface area (Å²) in [6.45, 7) is 2.13. The molecule has 3 heterocycles. The van der Waals surface area contributed by atoms with Crippen LogP contribution in [0.25, 0.3) is 10.9 Å². The Labute approximate surface area is 183 Å². The summed E-state index contributed by atoms with van der Waals surface area (Å²) >= 11 is 0. The first kappa shape index (κ1) is 21.5. The molecule has 2 amide bonds. The molecule has 1 fully saturated rings. The molecule has 1 aromatic carbocycles. The summed E-state index contributed by atoms with van der Waals surface area (Å²) < 4.78 is 23.3. The number of alkyl carbamates (subject to hydrolysis) is 1. The maximum absolute atomic E-state index is 13.3. The molecule has 3 N–H and O–H groups in total. The lowest BCUT2D eigenvalue weighted by Gasteiger charge is -2.33. The number of carbonyl (C=O) groups is 2. The third-order valence-corrected chi connectivity index (χ3v) is 5.55. The minimum atomic E-state index is -0.706. The maximum Gasteiger partial charge on any atom is 0.407 e. The van der Waals surface area contributed by atoms with Gasteiger partial charge in [-0.15, -0.1) is 0 Å². The Kier molecular flexibility index (Phi) is 6.48. The summed E-state index contributed by atoms with van der Waals surface area (Å²) in [6, 6.07) is 9.78. The van der Waals surface area contributed by atoms with Gasteiger partial charge in [-0.05, 0) is 55.5 Å². The van der Waals surface area contributed by atoms with E-state index in [0.717, 1.165) is 49.1 Å². The highest BCUT2D eigenvalue weighted by Crippen LogP contribution is 2.25. The third-order valence-electron chi connectivity index (χ3n) is 5.55. The molecule has 0 bridgehead atoms. The van der Waals surface area contributed by atoms with E-state index < -0.39 is 12.0 Å². The predicted molar refractivity (Wildman–Crippen MR) is 114 cm³/mol. The lowest BCUT2D eigenvalue weighted by atomic mass is 9.93. The molecule has 0 radical (unpaired) electrons. The second-order valence-corrected chi connectivity index (χ2v) is 7.77. The quantitative estimate of drug-likeness (QED) is 0.578. The van der Waals surface area contributed by atoms with E-state index >= 15 is 0 Å². The molecule has 9 nitrogen and oxygen atoms in total. The molecule has 0 spiro atoms. The van der Waals surface area contributed by atoms with Crippen LogP contribution in [0.2, 0.25) is 0 Å². The van der Waals surface area contributed by atoms with Crippen molar-refractivity contribution in [2.24, 2.45) is 11.7 Å². The second-order valence-electron chi connectivity index (χ2n) is 7.77. The number of carbonyl (C=O) groups excluding carboxylic acids is 2. The van der Waals surface area contributed by atoms with E-state index in [1.54, 1.807) is 6.07 Å². The van der Waals surface area contributed by atoms with Crippen molar-refractivity contribution in [2.75, 3.05) is 24.5 Å². The normalized spacial score (nSPS) is 14.5. The number of pyridine rings is 1. The fraction of sp³-hybridized carbons (Fsp3) is 0.364. The molecular formula is C22H24FN5O4. The summed E-state index contributed by atoms with van der Waals surface area (Å²) in [4.78, 5) is 29.7. The van der Waals surface area contributed by atoms with Crippen molar-refractivity contribution in [3.05, 3.63) is 53.7 Å². The van der Waals surface area contributed by atoms with Crippen LogP contribution in [0, 0.1) is 11.7 Å². The van der Waals surface area contributed by atoms with Crippen molar-refractivity contribution >= 4 is 28.7 Å². The molecule has 1 aliphatic heterocycles. The van der Waals surface area contributed by atoms with Crippen molar-refractivity contribution in [3.8, 4) is 0 Å². The van der Waals surface area contributed by atoms with Crippen molar-refractivity contribution in [3.63, 3.8) is 0 Å². The molecule has 10 heteroatoms. The molecule has 0 atom stereocenters. The number of hydrogen-bond acceptors (Lipinski definition) is 7. The number of nitrogens with two attached hydrogens (primary N) is 1. The molecule has 0 unspecified atom stereocenters. The van der Waals surface area contributed by atoms with Crippen molar-refractivity contribution in [1.82, 2.24) is 15.5 Å². The highest BCUT2D eigenvalue weighted by molar-refractivity contribution is 5.90. The number of nitrogens with one attached hydrogen (secondary N) is 1. The standard InChI is InChI=1S/C22H24FN5O4/c23-16-2-3-18-15(11-16)1-4-20(26-18)28-9-6-14(7-10-28)5-8-25-22(30)31-13-17-12-19(21(24)29)27-32-17/h1-4,11-12,14H,5-10,13H2,(H2,24,29)(H,25,30). The number of nitrogens with zero attached hydrogens (tertiary/aromatic N) is 3. The summed E-state index contributed by atoms with van der Waals surface area (Å²) in [5.41, 5.74) is 5.86. The first-order chi connectivity index (χ1) is 15.5. The van der Waals surface area contributed by atoms with Gasteiger partial charge >= 0.3 is 6.09 Å². The molecule has 2 aromatic heterocycles. The number of halogens is 1. The van der Waals surface area contributed by atoms with E-state index in [0.29, 0.717) is 12.5 Å². The van der Waals surface area contributed by atoms with Gasteiger partial charge < -0.3 is 25.2 Å². The van der Waals surface area contributed by atoms with Gasteiger partial charge in [-0.25, -0.2) is 14.2 Å². The highest BCUT2D eigenvalue weighted by atomic mass is 19.1. The number of rotatable bonds is 7. The van der Waals surface area contributed by atoms with E-state index in [-0.39, 0.29) is 23.9 Å². The van der Waals surface area contributed by atoms with Crippen molar-refractivity contribution < 1.29 is 23.2 Å². The van der Waals surface area contributed by atoms with Gasteiger partial charge in [0.2, 0.25) is 0 Å². The van der Waals surface area contributed by atoms with Gasteiger partial charge in [0.25, 0.3) is 5.91 Å². The summed E-state index contributed by atoms with van der Waals surface area (Å²) in [5, 5.41) is 6.99. The zero-order chi connectivity index (χ0) is 22.5. The number of aromatic nitrogens is 2. The Hall–Kier alpha value is -3.69. The second kappa shape index (κ2) is 9.63. The van der Waals surface area contributed by atoms with Crippen molar-refractivity contribution in [2.45, 2.75) is 25.9 Å². The smallest absolute Gasteiger partial charge is 0.407 e. The summed E-state index contributed by atoms with van der Waals surface area (Å²) in [6.07, 6.45) is 2.28. The molecule has 1 saturated heterocycles. The predicted octanol–water partition coefficient (Wildman–Crippen LogP) is 2.99. The number of benzene rings is 1. The van der Waals surface area contributed by atoms with Gasteiger partial charge in [-0.2, -0.15) is 0 Å². The molecule has 4 rings (SSSR count). The monoisotopic (exact) mass is 441 g/mol. The van der Waals surface area contributed by atoms with Crippen LogP contribution in [0.4, 0.5) is 15.0 Å². The van der Waals surface area contributed by atoms with Crippen LogP contribution in [0.5, 0.6) is 0 Å². The zero-order valence-corrected chi connectivity index (χ0v) is 17.4. The number of fused-ring (bicyclic) bond motifs is 1. The minimum absolute atomic E-state index is 0.0110. The lowest BCUT2D eigenvalue weighted by molar-refractivity contribution is 0.0989. The minimum Gasteiger partial charge on any atom is -0.441 e. The molecular weight excluding hydrogens is 417 g/mol. The van der Waals surface area contributed by atoms with Gasteiger partial charge in [0.05, 0.1) is 5.52 Å². The fourth-order valence-corrected chi connectivity index (χ4v) is 3.78. The number of hydrogen-bond donors (Lipinski definition) is 2. The number of amides is 2. The average molecular weight is 441 g/mol. The largest absolute Gasteiger partial charge is 0.441 e. The molecule has 168 valence electrons. The number of ether oxygens (including phenoxy) is 1. The van der Waals surface area contributed by atoms with Crippen LogP contribution in [-0.2, 0) is 11.3 Å². The van der Waals surface area contributed by atoms with Gasteiger partial charge in [-0.1, -0.05) is 5.16 Å². The first-order valence-corrected chi connectivity index (χ1v) is 10.5. The van der Waals surface area contributed by atoms with Crippen LogP contribution >= 0.6 is 0 Å². The van der Waals surface area contributed by atoms with Crippen LogP contribution in [0.1, 0.15) is 35.5 Å². The van der Waals surface area contributed by atoms with Gasteiger partial charge in [0.15, 0.2) is 18.1 Å². The Morgan fingerprint density at radius 3 is 2.78 bits per heavy atom. The topological polar surface area (TPSA) is 124 Å². The Bertz CT molecular complexity index is 1110. The molecule has 0 aliphatic carbocycles. The highest BCUT2D eigenvalue weighted by Gasteiger charge is 2.20. The van der Waals surface area contributed by atoms with E-state index in [9.17, 15) is 14.0 Å². The lowest BCUT2D eigenvalue weighted by Crippen LogP contribution is -2.35. The fourth-order valence-electron chi connectivity index (χ4n) is 3.78. The van der Waals surface area contributed by atoms with E-state index in [1.165, 1.54) is 18.2 Å². The molecule has 32 heavy (non-hydrogen) atoms. The molecule has 3 aromatic rings. The van der Waals surface area contributed by atoms with Gasteiger partial charge in [0, 0.05) is 31.1 Å². The Morgan fingerprint density at radius 2 is 2.03 bits per heavy atom. The molecule has 0 saturated carbocycles. The zero-order valence-electron chi connectivity index (χ0n) is 17.4. The number of piperidine rings is 1. The number of anilines is 1. The first-order valence-electron chi connectivity index (χ1n) is 10.5. The SMILES string of the molecule is NC(=O)c1cc(COC(=O)NCCC2CCN(c3ccc4cc(F)ccc4n3)CC2)on1. The van der Waals surface area contributed by atoms with Crippen LogP contribution in [-0.4, -0.2) is 41.8 Å². The van der Waals surface area contributed by atoms with E-state index in [4.69, 9.17) is 15.0 Å². The Balaban J connectivity index is 1.17. The van der Waals surface area contributed by atoms with Crippen LogP contribution in [0.3, 0.4) is 0 Å². The van der Waals surface area contributed by atoms with Crippen molar-refractivity contribution in [1.29, 1.82) is 0 Å². The van der Waals surface area contributed by atoms with E-state index in [2.05, 4.69) is 20.4 Å².